The van der Waals surface area contributed by atoms with E-state index in [-0.39, 0.29) is 11.6 Å². The second-order valence-corrected chi connectivity index (χ2v) is 5.05. The summed E-state index contributed by atoms with van der Waals surface area (Å²) < 4.78 is 0. The molecule has 0 saturated heterocycles. The average molecular weight is 291 g/mol. The second kappa shape index (κ2) is 6.50. The van der Waals surface area contributed by atoms with Crippen LogP contribution >= 0.6 is 11.6 Å². The van der Waals surface area contributed by atoms with Crippen molar-refractivity contribution in [3.63, 3.8) is 0 Å². The van der Waals surface area contributed by atoms with Crippen molar-refractivity contribution in [2.24, 2.45) is 5.73 Å². The van der Waals surface area contributed by atoms with Crippen LogP contribution in [0.1, 0.15) is 17.0 Å². The maximum Gasteiger partial charge on any atom is 0.269 e. The van der Waals surface area contributed by atoms with Crippen molar-refractivity contribution in [1.82, 2.24) is 0 Å². The third kappa shape index (κ3) is 3.56. The number of nitro benzene ring substituents is 1. The van der Waals surface area contributed by atoms with Crippen LogP contribution < -0.4 is 5.73 Å². The van der Waals surface area contributed by atoms with Gasteiger partial charge in [-0.1, -0.05) is 35.9 Å². The number of hydrogen-bond donors (Lipinski definition) is 1. The van der Waals surface area contributed by atoms with Crippen LogP contribution in [0.25, 0.3) is 0 Å². The molecule has 2 aromatic carbocycles. The molecule has 104 valence electrons. The molecule has 0 aromatic heterocycles. The van der Waals surface area contributed by atoms with E-state index in [9.17, 15) is 10.1 Å². The predicted molar refractivity (Wildman–Crippen MR) is 80.0 cm³/mol. The van der Waals surface area contributed by atoms with Gasteiger partial charge in [0.1, 0.15) is 0 Å². The Morgan fingerprint density at radius 1 is 1.20 bits per heavy atom. The summed E-state index contributed by atoms with van der Waals surface area (Å²) >= 11 is 5.99. The van der Waals surface area contributed by atoms with Gasteiger partial charge in [-0.3, -0.25) is 10.1 Å². The lowest BCUT2D eigenvalue weighted by molar-refractivity contribution is -0.384. The maximum atomic E-state index is 10.6. The van der Waals surface area contributed by atoms with Gasteiger partial charge in [-0.05, 0) is 36.2 Å². The molecule has 0 fully saturated rings. The van der Waals surface area contributed by atoms with Gasteiger partial charge in [-0.15, -0.1) is 0 Å². The number of benzene rings is 2. The third-order valence-corrected chi connectivity index (χ3v) is 3.47. The highest BCUT2D eigenvalue weighted by atomic mass is 35.5. The normalized spacial score (nSPS) is 12.1. The van der Waals surface area contributed by atoms with Crippen molar-refractivity contribution in [3.8, 4) is 0 Å². The molecule has 0 aliphatic heterocycles. The average Bonchev–Trinajstić information content (AvgIpc) is 2.45. The molecule has 0 bridgehead atoms. The highest BCUT2D eigenvalue weighted by Gasteiger charge is 2.12. The van der Waals surface area contributed by atoms with Crippen molar-refractivity contribution < 1.29 is 4.92 Å². The minimum absolute atomic E-state index is 0.0980. The van der Waals surface area contributed by atoms with Crippen LogP contribution in [-0.2, 0) is 6.42 Å². The summed E-state index contributed by atoms with van der Waals surface area (Å²) in [6.45, 7) is 0.497. The van der Waals surface area contributed by atoms with E-state index in [1.807, 2.05) is 24.3 Å². The fourth-order valence-corrected chi connectivity index (χ4v) is 2.33. The van der Waals surface area contributed by atoms with Crippen LogP contribution in [0.15, 0.2) is 48.5 Å². The summed E-state index contributed by atoms with van der Waals surface area (Å²) in [5, 5.41) is 11.3. The molecule has 0 aliphatic carbocycles. The van der Waals surface area contributed by atoms with Gasteiger partial charge in [0.05, 0.1) is 4.92 Å². The first-order valence-electron chi connectivity index (χ1n) is 6.29. The zero-order chi connectivity index (χ0) is 14.5. The standard InChI is InChI=1S/C15H15ClN2O2/c16-14-3-1-2-12(9-14)13(10-17)8-11-4-6-15(7-5-11)18(19)20/h1-7,9,13H,8,10,17H2. The van der Waals surface area contributed by atoms with Crippen molar-refractivity contribution in [2.45, 2.75) is 12.3 Å². The van der Waals surface area contributed by atoms with E-state index in [2.05, 4.69) is 0 Å². The number of rotatable bonds is 5. The van der Waals surface area contributed by atoms with Crippen LogP contribution in [0.3, 0.4) is 0 Å². The largest absolute Gasteiger partial charge is 0.330 e. The van der Waals surface area contributed by atoms with E-state index in [4.69, 9.17) is 17.3 Å². The molecule has 0 spiro atoms. The van der Waals surface area contributed by atoms with Gasteiger partial charge >= 0.3 is 0 Å². The Bertz CT molecular complexity index is 599. The lowest BCUT2D eigenvalue weighted by Gasteiger charge is -2.15. The van der Waals surface area contributed by atoms with E-state index >= 15 is 0 Å². The molecule has 20 heavy (non-hydrogen) atoms. The minimum Gasteiger partial charge on any atom is -0.330 e. The van der Waals surface area contributed by atoms with Gasteiger partial charge in [0.2, 0.25) is 0 Å². The smallest absolute Gasteiger partial charge is 0.269 e. The van der Waals surface area contributed by atoms with Crippen LogP contribution in [0.4, 0.5) is 5.69 Å². The van der Waals surface area contributed by atoms with Gasteiger partial charge in [0.15, 0.2) is 0 Å². The van der Waals surface area contributed by atoms with E-state index < -0.39 is 4.92 Å². The monoisotopic (exact) mass is 290 g/mol. The lowest BCUT2D eigenvalue weighted by atomic mass is 9.92. The number of nitrogens with zero attached hydrogens (tertiary/aromatic N) is 1. The second-order valence-electron chi connectivity index (χ2n) is 4.62. The third-order valence-electron chi connectivity index (χ3n) is 3.23. The minimum atomic E-state index is -0.402. The predicted octanol–water partition coefficient (Wildman–Crippen LogP) is 3.53. The van der Waals surface area contributed by atoms with Crippen LogP contribution in [0.5, 0.6) is 0 Å². The molecular weight excluding hydrogens is 276 g/mol. The molecule has 5 heteroatoms. The van der Waals surface area contributed by atoms with Gasteiger partial charge < -0.3 is 5.73 Å². The van der Waals surface area contributed by atoms with E-state index in [1.54, 1.807) is 12.1 Å². The zero-order valence-corrected chi connectivity index (χ0v) is 11.6. The first kappa shape index (κ1) is 14.5. The molecule has 0 aliphatic rings. The first-order chi connectivity index (χ1) is 9.60. The van der Waals surface area contributed by atoms with Crippen molar-refractivity contribution in [2.75, 3.05) is 6.54 Å². The van der Waals surface area contributed by atoms with Crippen LogP contribution in [0.2, 0.25) is 5.02 Å². The number of nitro groups is 1. The van der Waals surface area contributed by atoms with Crippen molar-refractivity contribution >= 4 is 17.3 Å². The molecule has 2 N–H and O–H groups in total. The fraction of sp³-hybridized carbons (Fsp3) is 0.200. The SMILES string of the molecule is NCC(Cc1ccc([N+](=O)[O-])cc1)c1cccc(Cl)c1. The molecule has 2 aromatic rings. The van der Waals surface area contributed by atoms with Crippen LogP contribution in [-0.4, -0.2) is 11.5 Å². The fourth-order valence-electron chi connectivity index (χ4n) is 2.14. The maximum absolute atomic E-state index is 10.6. The molecular formula is C15H15ClN2O2. The Balaban J connectivity index is 2.16. The number of hydrogen-bond acceptors (Lipinski definition) is 3. The van der Waals surface area contributed by atoms with E-state index in [0.717, 1.165) is 17.5 Å². The topological polar surface area (TPSA) is 69.2 Å². The highest BCUT2D eigenvalue weighted by molar-refractivity contribution is 6.30. The Kier molecular flexibility index (Phi) is 4.71. The molecule has 0 saturated carbocycles. The molecule has 1 unspecified atom stereocenters. The van der Waals surface area contributed by atoms with Crippen molar-refractivity contribution in [3.05, 3.63) is 74.8 Å². The van der Waals surface area contributed by atoms with E-state index in [0.29, 0.717) is 11.6 Å². The Labute approximate surface area is 122 Å². The Hall–Kier alpha value is -1.91. The van der Waals surface area contributed by atoms with Crippen LogP contribution in [0, 0.1) is 10.1 Å². The molecule has 0 heterocycles. The first-order valence-corrected chi connectivity index (χ1v) is 6.67. The Morgan fingerprint density at radius 2 is 1.90 bits per heavy atom. The summed E-state index contributed by atoms with van der Waals surface area (Å²) in [6.07, 6.45) is 0.731. The molecule has 0 radical (unpaired) electrons. The summed E-state index contributed by atoms with van der Waals surface area (Å²) in [7, 11) is 0. The highest BCUT2D eigenvalue weighted by Crippen LogP contribution is 2.23. The number of halogens is 1. The van der Waals surface area contributed by atoms with Gasteiger partial charge in [-0.2, -0.15) is 0 Å². The Morgan fingerprint density at radius 3 is 2.45 bits per heavy atom. The van der Waals surface area contributed by atoms with Crippen molar-refractivity contribution in [1.29, 1.82) is 0 Å². The molecule has 0 amide bonds. The summed E-state index contributed by atoms with van der Waals surface area (Å²) in [4.78, 5) is 10.2. The van der Waals surface area contributed by atoms with Gasteiger partial charge in [0.25, 0.3) is 5.69 Å². The summed E-state index contributed by atoms with van der Waals surface area (Å²) in [5.74, 6) is 0.148. The number of nitrogens with two attached hydrogens (primary N) is 1. The molecule has 4 nitrogen and oxygen atoms in total. The zero-order valence-electron chi connectivity index (χ0n) is 10.8. The van der Waals surface area contributed by atoms with Gasteiger partial charge in [0, 0.05) is 23.1 Å². The number of non-ortho nitro benzene ring substituents is 1. The molecule has 1 atom stereocenters. The summed E-state index contributed by atoms with van der Waals surface area (Å²) in [5.41, 5.74) is 8.03. The van der Waals surface area contributed by atoms with E-state index in [1.165, 1.54) is 12.1 Å². The molecule has 2 rings (SSSR count). The quantitative estimate of drug-likeness (QED) is 0.676. The summed E-state index contributed by atoms with van der Waals surface area (Å²) in [6, 6.07) is 14.2. The van der Waals surface area contributed by atoms with Gasteiger partial charge in [-0.25, -0.2) is 0 Å². The lowest BCUT2D eigenvalue weighted by Crippen LogP contribution is -2.15.